The van der Waals surface area contributed by atoms with E-state index in [1.807, 2.05) is 0 Å². The molecule has 96 valence electrons. The maximum Gasteiger partial charge on any atom is 0.263 e. The zero-order valence-corrected chi connectivity index (χ0v) is 9.45. The Kier molecular flexibility index (Phi) is 3.33. The van der Waals surface area contributed by atoms with Gasteiger partial charge in [0.15, 0.2) is 5.82 Å². The Morgan fingerprint density at radius 2 is 1.89 bits per heavy atom. The second kappa shape index (κ2) is 4.77. The summed E-state index contributed by atoms with van der Waals surface area (Å²) >= 11 is 0. The van der Waals surface area contributed by atoms with E-state index >= 15 is 0 Å². The largest absolute Gasteiger partial charge is 0.334 e. The van der Waals surface area contributed by atoms with Gasteiger partial charge in [0.05, 0.1) is 6.04 Å². The Balaban J connectivity index is 2.46. The molecule has 4 nitrogen and oxygen atoms in total. The summed E-state index contributed by atoms with van der Waals surface area (Å²) in [4.78, 5) is 3.80. The van der Waals surface area contributed by atoms with Crippen molar-refractivity contribution >= 4 is 0 Å². The minimum atomic E-state index is -1.10. The normalized spacial score (nSPS) is 12.7. The van der Waals surface area contributed by atoms with Crippen LogP contribution in [0.5, 0.6) is 0 Å². The number of hydrogen-bond donors (Lipinski definition) is 1. The summed E-state index contributed by atoms with van der Waals surface area (Å²) in [5, 5.41) is 3.53. The quantitative estimate of drug-likeness (QED) is 0.917. The van der Waals surface area contributed by atoms with Gasteiger partial charge in [-0.15, -0.1) is 0 Å². The molecule has 1 unspecified atom stereocenters. The van der Waals surface area contributed by atoms with Gasteiger partial charge in [0.2, 0.25) is 0 Å². The molecule has 1 aromatic carbocycles. The summed E-state index contributed by atoms with van der Waals surface area (Å²) < 4.78 is 44.4. The van der Waals surface area contributed by atoms with E-state index in [9.17, 15) is 13.2 Å². The highest BCUT2D eigenvalue weighted by molar-refractivity contribution is 5.54. The molecule has 2 N–H and O–H groups in total. The van der Waals surface area contributed by atoms with Gasteiger partial charge in [-0.05, 0) is 6.42 Å². The summed E-state index contributed by atoms with van der Waals surface area (Å²) in [6.07, 6.45) is 0.549. The van der Waals surface area contributed by atoms with E-state index in [0.29, 0.717) is 18.6 Å². The Morgan fingerprint density at radius 1 is 1.28 bits per heavy atom. The Labute approximate surface area is 101 Å². The van der Waals surface area contributed by atoms with Crippen molar-refractivity contribution in [2.24, 2.45) is 5.73 Å². The average molecular weight is 257 g/mol. The van der Waals surface area contributed by atoms with Crippen LogP contribution in [0.25, 0.3) is 11.5 Å². The van der Waals surface area contributed by atoms with Crippen LogP contribution in [0.1, 0.15) is 25.2 Å². The van der Waals surface area contributed by atoms with Gasteiger partial charge in [0, 0.05) is 12.1 Å². The van der Waals surface area contributed by atoms with E-state index < -0.39 is 29.1 Å². The molecule has 0 aliphatic heterocycles. The van der Waals surface area contributed by atoms with Crippen LogP contribution in [0, 0.1) is 17.5 Å². The van der Waals surface area contributed by atoms with Crippen molar-refractivity contribution in [3.05, 3.63) is 35.4 Å². The average Bonchev–Trinajstić information content (AvgIpc) is 2.76. The number of hydrogen-bond acceptors (Lipinski definition) is 4. The maximum absolute atomic E-state index is 13.5. The number of halogens is 3. The molecular weight excluding hydrogens is 247 g/mol. The van der Waals surface area contributed by atoms with E-state index in [2.05, 4.69) is 10.1 Å². The second-order valence-corrected chi connectivity index (χ2v) is 3.72. The Morgan fingerprint density at radius 3 is 2.44 bits per heavy atom. The first-order chi connectivity index (χ1) is 8.52. The Hall–Kier alpha value is -1.89. The molecular formula is C11H10F3N3O. The smallest absolute Gasteiger partial charge is 0.263 e. The summed E-state index contributed by atoms with van der Waals surface area (Å²) in [6, 6.07) is 0.610. The Bertz CT molecular complexity index is 547. The molecule has 0 aliphatic rings. The molecule has 0 fully saturated rings. The highest BCUT2D eigenvalue weighted by Crippen LogP contribution is 2.26. The molecule has 0 bridgehead atoms. The highest BCUT2D eigenvalue weighted by atomic mass is 19.1. The van der Waals surface area contributed by atoms with Gasteiger partial charge in [0.25, 0.3) is 5.89 Å². The van der Waals surface area contributed by atoms with Crippen molar-refractivity contribution < 1.29 is 17.7 Å². The van der Waals surface area contributed by atoms with E-state index in [1.165, 1.54) is 0 Å². The van der Waals surface area contributed by atoms with Gasteiger partial charge in [-0.1, -0.05) is 12.1 Å². The fourth-order valence-corrected chi connectivity index (χ4v) is 1.42. The fourth-order valence-electron chi connectivity index (χ4n) is 1.42. The lowest BCUT2D eigenvalue weighted by atomic mass is 10.2. The zero-order valence-electron chi connectivity index (χ0n) is 9.45. The molecule has 1 atom stereocenters. The summed E-state index contributed by atoms with van der Waals surface area (Å²) in [5.74, 6) is -3.43. The second-order valence-electron chi connectivity index (χ2n) is 3.72. The van der Waals surface area contributed by atoms with Crippen LogP contribution in [0.3, 0.4) is 0 Å². The number of nitrogens with two attached hydrogens (primary N) is 1. The monoisotopic (exact) mass is 257 g/mol. The molecule has 0 saturated carbocycles. The zero-order chi connectivity index (χ0) is 13.3. The third-order valence-corrected chi connectivity index (χ3v) is 2.43. The first-order valence-electron chi connectivity index (χ1n) is 5.27. The van der Waals surface area contributed by atoms with Crippen molar-refractivity contribution in [1.82, 2.24) is 10.1 Å². The third-order valence-electron chi connectivity index (χ3n) is 2.43. The van der Waals surface area contributed by atoms with E-state index in [1.54, 1.807) is 6.92 Å². The van der Waals surface area contributed by atoms with Crippen LogP contribution in [-0.4, -0.2) is 10.1 Å². The van der Waals surface area contributed by atoms with Crippen molar-refractivity contribution in [2.45, 2.75) is 19.4 Å². The highest BCUT2D eigenvalue weighted by Gasteiger charge is 2.21. The van der Waals surface area contributed by atoms with Crippen LogP contribution in [-0.2, 0) is 0 Å². The van der Waals surface area contributed by atoms with E-state index in [-0.39, 0.29) is 11.7 Å². The molecule has 7 heteroatoms. The number of benzene rings is 1. The van der Waals surface area contributed by atoms with Crippen LogP contribution in [0.2, 0.25) is 0 Å². The van der Waals surface area contributed by atoms with Gasteiger partial charge in [-0.25, -0.2) is 13.2 Å². The molecule has 2 rings (SSSR count). The molecule has 0 aliphatic carbocycles. The predicted molar refractivity (Wildman–Crippen MR) is 56.8 cm³/mol. The van der Waals surface area contributed by atoms with Crippen LogP contribution >= 0.6 is 0 Å². The topological polar surface area (TPSA) is 64.9 Å². The SMILES string of the molecule is CCC(N)c1noc(-c2c(F)cc(F)cc2F)n1. The molecule has 0 spiro atoms. The van der Waals surface area contributed by atoms with Crippen LogP contribution in [0.15, 0.2) is 16.7 Å². The van der Waals surface area contributed by atoms with Crippen molar-refractivity contribution in [2.75, 3.05) is 0 Å². The van der Waals surface area contributed by atoms with Gasteiger partial charge in [-0.3, -0.25) is 0 Å². The number of rotatable bonds is 3. The molecule has 0 radical (unpaired) electrons. The van der Waals surface area contributed by atoms with Crippen LogP contribution < -0.4 is 5.73 Å². The lowest BCUT2D eigenvalue weighted by molar-refractivity contribution is 0.410. The lowest BCUT2D eigenvalue weighted by Crippen LogP contribution is -2.10. The predicted octanol–water partition coefficient (Wildman–Crippen LogP) is 2.56. The molecule has 1 aromatic heterocycles. The lowest BCUT2D eigenvalue weighted by Gasteiger charge is -2.01. The summed E-state index contributed by atoms with van der Waals surface area (Å²) in [6.45, 7) is 1.81. The number of aromatic nitrogens is 2. The molecule has 18 heavy (non-hydrogen) atoms. The van der Waals surface area contributed by atoms with Gasteiger partial charge in [-0.2, -0.15) is 4.98 Å². The molecule has 2 aromatic rings. The van der Waals surface area contributed by atoms with Gasteiger partial charge >= 0.3 is 0 Å². The molecule has 0 saturated heterocycles. The summed E-state index contributed by atoms with van der Waals surface area (Å²) in [7, 11) is 0. The van der Waals surface area contributed by atoms with E-state index in [0.717, 1.165) is 0 Å². The molecule has 1 heterocycles. The van der Waals surface area contributed by atoms with E-state index in [4.69, 9.17) is 10.3 Å². The van der Waals surface area contributed by atoms with Gasteiger partial charge in [0.1, 0.15) is 23.0 Å². The van der Waals surface area contributed by atoms with Crippen LogP contribution in [0.4, 0.5) is 13.2 Å². The number of nitrogens with zero attached hydrogens (tertiary/aromatic N) is 2. The maximum atomic E-state index is 13.5. The van der Waals surface area contributed by atoms with Crippen molar-refractivity contribution in [3.63, 3.8) is 0 Å². The van der Waals surface area contributed by atoms with Crippen molar-refractivity contribution in [1.29, 1.82) is 0 Å². The first-order valence-corrected chi connectivity index (χ1v) is 5.27. The van der Waals surface area contributed by atoms with Gasteiger partial charge < -0.3 is 10.3 Å². The minimum Gasteiger partial charge on any atom is -0.334 e. The standard InChI is InChI=1S/C11H10F3N3O/c1-2-8(15)10-16-11(18-17-10)9-6(13)3-5(12)4-7(9)14/h3-4,8H,2,15H2,1H3. The first kappa shape index (κ1) is 12.6. The molecule has 0 amide bonds. The minimum absolute atomic E-state index is 0.149. The fraction of sp³-hybridized carbons (Fsp3) is 0.273. The summed E-state index contributed by atoms with van der Waals surface area (Å²) in [5.41, 5.74) is 5.10. The van der Waals surface area contributed by atoms with Crippen molar-refractivity contribution in [3.8, 4) is 11.5 Å². The third kappa shape index (κ3) is 2.21.